The van der Waals surface area contributed by atoms with Crippen molar-refractivity contribution in [2.45, 2.75) is 44.1 Å². The summed E-state index contributed by atoms with van der Waals surface area (Å²) in [5.41, 5.74) is 0.818. The minimum absolute atomic E-state index is 0.0631. The molecule has 258 valence electrons. The van der Waals surface area contributed by atoms with E-state index in [2.05, 4.69) is 5.10 Å². The lowest BCUT2D eigenvalue weighted by atomic mass is 9.82. The summed E-state index contributed by atoms with van der Waals surface area (Å²) in [4.78, 5) is 29.7. The Morgan fingerprint density at radius 3 is 2.20 bits per heavy atom. The molecule has 1 aliphatic heterocycles. The maximum absolute atomic E-state index is 15.5. The number of amides is 1. The average Bonchev–Trinajstić information content (AvgIpc) is 3.60. The molecule has 2 heterocycles. The number of hydrogen-bond donors (Lipinski definition) is 0. The molecule has 0 N–H and O–H groups in total. The smallest absolute Gasteiger partial charge is 0.278 e. The van der Waals surface area contributed by atoms with Gasteiger partial charge in [-0.25, -0.2) is 8.78 Å². The lowest BCUT2D eigenvalue weighted by Gasteiger charge is -2.36. The summed E-state index contributed by atoms with van der Waals surface area (Å²) in [5.74, 6) is -4.28. The molecular formula is C38H35F2N3O6S. The topological polar surface area (TPSA) is 108 Å². The van der Waals surface area contributed by atoms with Crippen molar-refractivity contribution in [1.82, 2.24) is 14.7 Å². The van der Waals surface area contributed by atoms with Gasteiger partial charge in [0, 0.05) is 18.0 Å². The molecular weight excluding hydrogens is 664 g/mol. The number of likely N-dealkylation sites (tertiary alicyclic amines) is 1. The summed E-state index contributed by atoms with van der Waals surface area (Å²) < 4.78 is 68.9. The van der Waals surface area contributed by atoms with Crippen LogP contribution in [0.15, 0.2) is 120 Å². The monoisotopic (exact) mass is 699 g/mol. The first-order valence-corrected chi connectivity index (χ1v) is 17.9. The van der Waals surface area contributed by atoms with E-state index >= 15 is 4.39 Å². The van der Waals surface area contributed by atoms with Crippen molar-refractivity contribution in [3.05, 3.63) is 165 Å². The normalized spacial score (nSPS) is 15.8. The van der Waals surface area contributed by atoms with Crippen LogP contribution in [0.25, 0.3) is 0 Å². The Morgan fingerprint density at radius 1 is 0.900 bits per heavy atom. The molecule has 2 unspecified atom stereocenters. The van der Waals surface area contributed by atoms with Gasteiger partial charge in [0.1, 0.15) is 12.7 Å². The van der Waals surface area contributed by atoms with Crippen molar-refractivity contribution in [3.63, 3.8) is 0 Å². The largest absolute Gasteiger partial charge is 0.483 e. The van der Waals surface area contributed by atoms with Gasteiger partial charge < -0.3 is 9.64 Å². The molecule has 0 saturated carbocycles. The molecule has 1 amide bonds. The number of aromatic nitrogens is 2. The van der Waals surface area contributed by atoms with Crippen molar-refractivity contribution in [2.24, 2.45) is 0 Å². The van der Waals surface area contributed by atoms with Crippen LogP contribution < -0.4 is 10.2 Å². The summed E-state index contributed by atoms with van der Waals surface area (Å²) in [6.07, 6.45) is 1.61. The van der Waals surface area contributed by atoms with E-state index in [1.165, 1.54) is 27.9 Å². The van der Waals surface area contributed by atoms with Gasteiger partial charge in [-0.2, -0.15) is 13.5 Å². The van der Waals surface area contributed by atoms with Crippen molar-refractivity contribution >= 4 is 16.0 Å². The Balaban J connectivity index is 1.42. The van der Waals surface area contributed by atoms with Crippen molar-refractivity contribution in [1.29, 1.82) is 0 Å². The van der Waals surface area contributed by atoms with Crippen LogP contribution in [0.2, 0.25) is 0 Å². The third-order valence-corrected chi connectivity index (χ3v) is 9.16. The number of benzene rings is 4. The molecule has 5 aromatic rings. The predicted molar refractivity (Wildman–Crippen MR) is 183 cm³/mol. The molecule has 0 bridgehead atoms. The first-order valence-electron chi connectivity index (χ1n) is 16.1. The fraction of sp³-hybridized carbons (Fsp3) is 0.237. The predicted octanol–water partition coefficient (Wildman–Crippen LogP) is 5.93. The molecule has 0 spiro atoms. The van der Waals surface area contributed by atoms with Crippen LogP contribution in [0.1, 0.15) is 51.5 Å². The highest BCUT2D eigenvalue weighted by molar-refractivity contribution is 7.86. The molecule has 0 radical (unpaired) electrons. The minimum Gasteiger partial charge on any atom is -0.483 e. The van der Waals surface area contributed by atoms with E-state index in [0.29, 0.717) is 12.0 Å². The Morgan fingerprint density at radius 2 is 1.54 bits per heavy atom. The fourth-order valence-corrected chi connectivity index (χ4v) is 7.02. The van der Waals surface area contributed by atoms with E-state index in [1.54, 1.807) is 30.3 Å². The summed E-state index contributed by atoms with van der Waals surface area (Å²) in [6, 6.07) is 29.7. The lowest BCUT2D eigenvalue weighted by molar-refractivity contribution is 0.0524. The first kappa shape index (κ1) is 34.7. The number of nitrogens with zero attached hydrogens (tertiary/aromatic N) is 3. The average molecular weight is 700 g/mol. The minimum atomic E-state index is -4.20. The van der Waals surface area contributed by atoms with Gasteiger partial charge in [0.25, 0.3) is 21.5 Å². The second-order valence-corrected chi connectivity index (χ2v) is 13.7. The van der Waals surface area contributed by atoms with Crippen molar-refractivity contribution in [3.8, 4) is 5.75 Å². The molecule has 9 nitrogen and oxygen atoms in total. The highest BCUT2D eigenvalue weighted by Crippen LogP contribution is 2.39. The van der Waals surface area contributed by atoms with Crippen LogP contribution in [0, 0.1) is 11.6 Å². The molecule has 50 heavy (non-hydrogen) atoms. The van der Waals surface area contributed by atoms with Crippen LogP contribution in [-0.2, 0) is 27.5 Å². The molecule has 1 aromatic heterocycles. The molecule has 1 fully saturated rings. The van der Waals surface area contributed by atoms with Gasteiger partial charge in [0.2, 0.25) is 0 Å². The van der Waals surface area contributed by atoms with E-state index in [1.807, 2.05) is 60.7 Å². The van der Waals surface area contributed by atoms with Crippen LogP contribution in [0.4, 0.5) is 8.78 Å². The van der Waals surface area contributed by atoms with Crippen LogP contribution in [-0.4, -0.2) is 54.0 Å². The number of rotatable bonds is 12. The van der Waals surface area contributed by atoms with Crippen molar-refractivity contribution < 1.29 is 30.9 Å². The molecule has 6 rings (SSSR count). The van der Waals surface area contributed by atoms with Crippen LogP contribution in [0.5, 0.6) is 5.75 Å². The summed E-state index contributed by atoms with van der Waals surface area (Å²) >= 11 is 0. The number of carbonyl (C=O) groups is 1. The van der Waals surface area contributed by atoms with Gasteiger partial charge in [-0.1, -0.05) is 103 Å². The lowest BCUT2D eigenvalue weighted by Crippen LogP contribution is -2.48. The zero-order valence-corrected chi connectivity index (χ0v) is 28.0. The molecule has 4 aromatic carbocycles. The Hall–Kier alpha value is -5.20. The molecule has 3 atom stereocenters. The highest BCUT2D eigenvalue weighted by atomic mass is 32.2. The van der Waals surface area contributed by atoms with Gasteiger partial charge in [-0.05, 0) is 35.6 Å². The number of ether oxygens (including phenoxy) is 1. The zero-order chi connectivity index (χ0) is 35.3. The summed E-state index contributed by atoms with van der Waals surface area (Å²) in [5, 5.41) is 4.45. The number of hydrogen-bond acceptors (Lipinski definition) is 7. The van der Waals surface area contributed by atoms with Gasteiger partial charge in [-0.3, -0.25) is 18.5 Å². The van der Waals surface area contributed by atoms with Gasteiger partial charge in [0.15, 0.2) is 23.1 Å². The maximum atomic E-state index is 15.5. The standard InChI is InChI=1S/C38H35F2N3O6S/c1-50(46,47)49-37(33(28-17-9-4-10-18-28)29-19-11-20-30(39)34(29)40)31-21-12-22-43(31)38(45)35-36(44)32(48-25-27-15-7-3-8-16-27)24-42(41-35)23-26-13-5-2-6-14-26/h2-11,13-20,24,31,33,37H,12,21-23,25H2,1H3/t31-,33?,37?/m1/s1. The number of carbonyl (C=O) groups excluding carboxylic acids is 1. The van der Waals surface area contributed by atoms with E-state index < -0.39 is 56.8 Å². The quantitative estimate of drug-likeness (QED) is 0.149. The molecule has 0 aliphatic carbocycles. The van der Waals surface area contributed by atoms with Crippen LogP contribution in [0.3, 0.4) is 0 Å². The van der Waals surface area contributed by atoms with Gasteiger partial charge in [-0.15, -0.1) is 0 Å². The Bertz CT molecular complexity index is 2120. The van der Waals surface area contributed by atoms with Gasteiger partial charge in [0.05, 0.1) is 25.0 Å². The second kappa shape index (κ2) is 15.1. The Labute approximate surface area is 288 Å². The van der Waals surface area contributed by atoms with E-state index in [0.717, 1.165) is 23.4 Å². The molecule has 12 heteroatoms. The molecule has 1 aliphatic rings. The fourth-order valence-electron chi connectivity index (χ4n) is 6.38. The van der Waals surface area contributed by atoms with Crippen molar-refractivity contribution in [2.75, 3.05) is 12.8 Å². The third-order valence-electron chi connectivity index (χ3n) is 8.59. The van der Waals surface area contributed by atoms with E-state index in [4.69, 9.17) is 8.92 Å². The SMILES string of the molecule is CS(=O)(=O)OC(C(c1ccccc1)c1cccc(F)c1F)[C@H]1CCCN1C(=O)c1nn(Cc2ccccc2)cc(OCc2ccccc2)c1=O. The number of halogens is 2. The third kappa shape index (κ3) is 7.98. The zero-order valence-electron chi connectivity index (χ0n) is 27.2. The summed E-state index contributed by atoms with van der Waals surface area (Å²) in [7, 11) is -4.20. The second-order valence-electron chi connectivity index (χ2n) is 12.1. The van der Waals surface area contributed by atoms with E-state index in [9.17, 15) is 22.4 Å². The van der Waals surface area contributed by atoms with E-state index in [-0.39, 0.29) is 37.4 Å². The molecule has 1 saturated heterocycles. The van der Waals surface area contributed by atoms with Gasteiger partial charge >= 0.3 is 0 Å². The highest BCUT2D eigenvalue weighted by Gasteiger charge is 2.44. The Kier molecular flexibility index (Phi) is 10.5. The first-order chi connectivity index (χ1) is 24.1. The maximum Gasteiger partial charge on any atom is 0.278 e. The van der Waals surface area contributed by atoms with Crippen LogP contribution >= 0.6 is 0 Å². The summed E-state index contributed by atoms with van der Waals surface area (Å²) in [6.45, 7) is 0.421.